The first kappa shape index (κ1) is 15.4. The molecule has 1 heterocycles. The van der Waals surface area contributed by atoms with E-state index in [4.69, 9.17) is 5.11 Å². The number of aliphatic hydroxyl groups is 1. The number of aliphatic hydroxyl groups excluding tert-OH is 1. The fourth-order valence-corrected chi connectivity index (χ4v) is 5.19. The lowest BCUT2D eigenvalue weighted by molar-refractivity contribution is 0.0367. The van der Waals surface area contributed by atoms with Crippen LogP contribution in [-0.2, 0) is 10.0 Å². The van der Waals surface area contributed by atoms with Crippen molar-refractivity contribution >= 4 is 27.3 Å². The molecule has 0 aromatic carbocycles. The van der Waals surface area contributed by atoms with Crippen LogP contribution in [0.4, 0.5) is 0 Å². The molecule has 0 radical (unpaired) electrons. The average Bonchev–Trinajstić information content (AvgIpc) is 2.69. The number of aromatic carboxylic acids is 1. The number of hydrogen-bond donors (Lipinski definition) is 2. The fourth-order valence-electron chi connectivity index (χ4n) is 2.37. The van der Waals surface area contributed by atoms with E-state index in [1.807, 2.05) is 0 Å². The van der Waals surface area contributed by atoms with Gasteiger partial charge in [-0.3, -0.25) is 0 Å². The summed E-state index contributed by atoms with van der Waals surface area (Å²) < 4.78 is 26.2. The normalized spacial score (nSPS) is 22.8. The molecule has 0 bridgehead atoms. The molecule has 2 rings (SSSR count). The van der Waals surface area contributed by atoms with E-state index >= 15 is 0 Å². The SMILES string of the molecule is Cc1csc(C(=O)O)c1S(=O)(=O)N(C)CC1CC(O)C1. The van der Waals surface area contributed by atoms with E-state index in [0.717, 1.165) is 11.3 Å². The molecule has 0 atom stereocenters. The molecule has 6 nitrogen and oxygen atoms in total. The van der Waals surface area contributed by atoms with Gasteiger partial charge in [-0.2, -0.15) is 0 Å². The highest BCUT2D eigenvalue weighted by Gasteiger charge is 2.34. The first-order chi connectivity index (χ1) is 9.23. The zero-order chi connectivity index (χ0) is 15.1. The Hall–Kier alpha value is -0.960. The standard InChI is InChI=1S/C12H17NO5S2/c1-7-6-19-10(12(15)16)11(7)20(17,18)13(2)5-8-3-9(14)4-8/h6,8-9,14H,3-5H2,1-2H3,(H,15,16). The molecule has 1 aromatic rings. The summed E-state index contributed by atoms with van der Waals surface area (Å²) in [5.41, 5.74) is 0.452. The molecule has 20 heavy (non-hydrogen) atoms. The average molecular weight is 319 g/mol. The quantitative estimate of drug-likeness (QED) is 0.849. The lowest BCUT2D eigenvalue weighted by Crippen LogP contribution is -2.39. The van der Waals surface area contributed by atoms with Crippen LogP contribution in [0.15, 0.2) is 10.3 Å². The second-order valence-corrected chi connectivity index (χ2v) is 8.02. The van der Waals surface area contributed by atoms with Crippen molar-refractivity contribution in [2.75, 3.05) is 13.6 Å². The minimum absolute atomic E-state index is 0.114. The van der Waals surface area contributed by atoms with E-state index in [1.165, 1.54) is 16.7 Å². The van der Waals surface area contributed by atoms with Gasteiger partial charge in [0, 0.05) is 13.6 Å². The van der Waals surface area contributed by atoms with Gasteiger partial charge in [0.25, 0.3) is 0 Å². The van der Waals surface area contributed by atoms with Crippen molar-refractivity contribution in [2.45, 2.75) is 30.8 Å². The molecule has 1 fully saturated rings. The maximum Gasteiger partial charge on any atom is 0.347 e. The predicted molar refractivity (Wildman–Crippen MR) is 74.6 cm³/mol. The molecule has 2 N–H and O–H groups in total. The third kappa shape index (κ3) is 2.73. The van der Waals surface area contributed by atoms with E-state index in [-0.39, 0.29) is 21.8 Å². The molecule has 8 heteroatoms. The van der Waals surface area contributed by atoms with E-state index in [1.54, 1.807) is 6.92 Å². The highest BCUT2D eigenvalue weighted by Crippen LogP contribution is 2.32. The van der Waals surface area contributed by atoms with Crippen LogP contribution in [0.25, 0.3) is 0 Å². The summed E-state index contributed by atoms with van der Waals surface area (Å²) in [5.74, 6) is -1.09. The molecule has 0 amide bonds. The summed E-state index contributed by atoms with van der Waals surface area (Å²) in [5, 5.41) is 19.9. The molecule has 0 unspecified atom stereocenters. The van der Waals surface area contributed by atoms with Crippen LogP contribution in [0.3, 0.4) is 0 Å². The number of hydrogen-bond acceptors (Lipinski definition) is 5. The summed E-state index contributed by atoms with van der Waals surface area (Å²) in [6.07, 6.45) is 0.844. The minimum Gasteiger partial charge on any atom is -0.477 e. The molecule has 1 aliphatic carbocycles. The Balaban J connectivity index is 2.25. The zero-order valence-electron chi connectivity index (χ0n) is 11.2. The number of carboxylic acids is 1. The lowest BCUT2D eigenvalue weighted by atomic mass is 9.82. The predicted octanol–water partition coefficient (Wildman–Crippen LogP) is 1.15. The summed E-state index contributed by atoms with van der Waals surface area (Å²) in [4.78, 5) is 10.9. The van der Waals surface area contributed by atoms with Crippen molar-refractivity contribution < 1.29 is 23.4 Å². The zero-order valence-corrected chi connectivity index (χ0v) is 12.9. The van der Waals surface area contributed by atoms with Gasteiger partial charge in [-0.15, -0.1) is 11.3 Å². The smallest absolute Gasteiger partial charge is 0.347 e. The van der Waals surface area contributed by atoms with Gasteiger partial charge >= 0.3 is 5.97 Å². The third-order valence-corrected chi connectivity index (χ3v) is 6.73. The number of thiophene rings is 1. The number of rotatable bonds is 5. The highest BCUT2D eigenvalue weighted by atomic mass is 32.2. The number of nitrogens with zero attached hydrogens (tertiary/aromatic N) is 1. The van der Waals surface area contributed by atoms with Crippen molar-refractivity contribution in [2.24, 2.45) is 5.92 Å². The largest absolute Gasteiger partial charge is 0.477 e. The van der Waals surface area contributed by atoms with E-state index in [9.17, 15) is 18.3 Å². The minimum atomic E-state index is -3.81. The molecular formula is C12H17NO5S2. The maximum absolute atomic E-state index is 12.5. The van der Waals surface area contributed by atoms with Crippen LogP contribution in [0.5, 0.6) is 0 Å². The van der Waals surface area contributed by atoms with Crippen LogP contribution in [-0.4, -0.2) is 48.6 Å². The van der Waals surface area contributed by atoms with Gasteiger partial charge in [0.2, 0.25) is 10.0 Å². The summed E-state index contributed by atoms with van der Waals surface area (Å²) in [6, 6.07) is 0. The molecule has 0 saturated heterocycles. The molecular weight excluding hydrogens is 302 g/mol. The Morgan fingerprint density at radius 2 is 2.10 bits per heavy atom. The van der Waals surface area contributed by atoms with Crippen molar-refractivity contribution in [1.82, 2.24) is 4.31 Å². The van der Waals surface area contributed by atoms with Crippen molar-refractivity contribution in [3.05, 3.63) is 15.8 Å². The van der Waals surface area contributed by atoms with Gasteiger partial charge < -0.3 is 10.2 Å². The van der Waals surface area contributed by atoms with E-state index in [0.29, 0.717) is 24.9 Å². The topological polar surface area (TPSA) is 94.9 Å². The Morgan fingerprint density at radius 1 is 1.50 bits per heavy atom. The van der Waals surface area contributed by atoms with E-state index < -0.39 is 16.0 Å². The van der Waals surface area contributed by atoms with Gasteiger partial charge in [0.15, 0.2) is 0 Å². The molecule has 1 aliphatic rings. The van der Waals surface area contributed by atoms with Gasteiger partial charge in [0.05, 0.1) is 6.10 Å². The second kappa shape index (κ2) is 5.44. The van der Waals surface area contributed by atoms with E-state index in [2.05, 4.69) is 0 Å². The lowest BCUT2D eigenvalue weighted by Gasteiger charge is -2.34. The van der Waals surface area contributed by atoms with Crippen LogP contribution in [0, 0.1) is 12.8 Å². The highest BCUT2D eigenvalue weighted by molar-refractivity contribution is 7.89. The van der Waals surface area contributed by atoms with Gasteiger partial charge in [-0.05, 0) is 36.6 Å². The van der Waals surface area contributed by atoms with Crippen molar-refractivity contribution in [3.63, 3.8) is 0 Å². The molecule has 112 valence electrons. The number of aryl methyl sites for hydroxylation is 1. The van der Waals surface area contributed by atoms with Crippen LogP contribution < -0.4 is 0 Å². The van der Waals surface area contributed by atoms with Crippen molar-refractivity contribution in [3.8, 4) is 0 Å². The van der Waals surface area contributed by atoms with Crippen LogP contribution in [0.1, 0.15) is 28.1 Å². The van der Waals surface area contributed by atoms with Gasteiger partial charge in [-0.25, -0.2) is 17.5 Å². The van der Waals surface area contributed by atoms with Gasteiger partial charge in [-0.1, -0.05) is 0 Å². The number of carbonyl (C=O) groups is 1. The summed E-state index contributed by atoms with van der Waals surface area (Å²) >= 11 is 0.922. The number of carboxylic acid groups (broad SMARTS) is 1. The monoisotopic (exact) mass is 319 g/mol. The Bertz CT molecular complexity index is 616. The Labute approximate surface area is 121 Å². The summed E-state index contributed by atoms with van der Waals surface area (Å²) in [6.45, 7) is 1.89. The van der Waals surface area contributed by atoms with Crippen LogP contribution in [0.2, 0.25) is 0 Å². The Kier molecular flexibility index (Phi) is 4.19. The van der Waals surface area contributed by atoms with Crippen LogP contribution >= 0.6 is 11.3 Å². The molecule has 0 spiro atoms. The first-order valence-corrected chi connectivity index (χ1v) is 8.51. The van der Waals surface area contributed by atoms with Gasteiger partial charge in [0.1, 0.15) is 9.77 Å². The molecule has 1 saturated carbocycles. The maximum atomic E-state index is 12.5. The Morgan fingerprint density at radius 3 is 2.60 bits per heavy atom. The molecule has 0 aliphatic heterocycles. The molecule has 1 aromatic heterocycles. The number of sulfonamides is 1. The van der Waals surface area contributed by atoms with Crippen molar-refractivity contribution in [1.29, 1.82) is 0 Å². The first-order valence-electron chi connectivity index (χ1n) is 6.19. The second-order valence-electron chi connectivity index (χ2n) is 5.16. The third-order valence-electron chi connectivity index (χ3n) is 3.51. The summed E-state index contributed by atoms with van der Waals surface area (Å²) in [7, 11) is -2.36. The fraction of sp³-hybridized carbons (Fsp3) is 0.583.